The monoisotopic (exact) mass is 354 g/mol. The summed E-state index contributed by atoms with van der Waals surface area (Å²) in [7, 11) is -1.51. The van der Waals surface area contributed by atoms with Crippen molar-refractivity contribution in [3.8, 4) is 0 Å². The topological polar surface area (TPSA) is 74.8 Å². The van der Waals surface area contributed by atoms with Gasteiger partial charge in [-0.3, -0.25) is 14.5 Å². The van der Waals surface area contributed by atoms with Crippen molar-refractivity contribution in [3.63, 3.8) is 0 Å². The highest BCUT2D eigenvalue weighted by Gasteiger charge is 2.41. The molecular formula is C16H19FN2O4S. The van der Waals surface area contributed by atoms with Crippen LogP contribution in [-0.2, 0) is 19.4 Å². The SMILES string of the molecule is CN(C(=O)C1CCC(=O)N1c1ccc(F)cc1)C1CCS(=O)(=O)C1. The predicted molar refractivity (Wildman–Crippen MR) is 86.7 cm³/mol. The summed E-state index contributed by atoms with van der Waals surface area (Å²) in [5.41, 5.74) is 0.477. The van der Waals surface area contributed by atoms with Gasteiger partial charge in [0, 0.05) is 25.2 Å². The number of sulfone groups is 1. The number of rotatable bonds is 3. The molecule has 3 rings (SSSR count). The average Bonchev–Trinajstić information content (AvgIpc) is 3.09. The zero-order chi connectivity index (χ0) is 17.5. The molecule has 0 radical (unpaired) electrons. The van der Waals surface area contributed by atoms with Crippen LogP contribution in [-0.4, -0.2) is 55.8 Å². The normalized spacial score (nSPS) is 25.9. The first kappa shape index (κ1) is 16.9. The van der Waals surface area contributed by atoms with Gasteiger partial charge in [-0.15, -0.1) is 0 Å². The van der Waals surface area contributed by atoms with E-state index in [4.69, 9.17) is 0 Å². The van der Waals surface area contributed by atoms with Crippen LogP contribution in [0.2, 0.25) is 0 Å². The first-order chi connectivity index (χ1) is 11.3. The summed E-state index contributed by atoms with van der Waals surface area (Å²) in [6.07, 6.45) is 1.03. The van der Waals surface area contributed by atoms with Crippen LogP contribution in [0.4, 0.5) is 10.1 Å². The molecule has 0 N–H and O–H groups in total. The van der Waals surface area contributed by atoms with Crippen LogP contribution in [0.25, 0.3) is 0 Å². The lowest BCUT2D eigenvalue weighted by atomic mass is 10.1. The Morgan fingerprint density at radius 3 is 2.50 bits per heavy atom. The molecule has 2 heterocycles. The Kier molecular flexibility index (Phi) is 4.33. The van der Waals surface area contributed by atoms with Crippen LogP contribution >= 0.6 is 0 Å². The Bertz CT molecular complexity index is 763. The molecule has 130 valence electrons. The van der Waals surface area contributed by atoms with Crippen molar-refractivity contribution < 1.29 is 22.4 Å². The van der Waals surface area contributed by atoms with Crippen molar-refractivity contribution in [3.05, 3.63) is 30.1 Å². The molecule has 2 fully saturated rings. The van der Waals surface area contributed by atoms with Gasteiger partial charge >= 0.3 is 0 Å². The number of benzene rings is 1. The zero-order valence-corrected chi connectivity index (χ0v) is 14.1. The van der Waals surface area contributed by atoms with Gasteiger partial charge in [-0.05, 0) is 37.1 Å². The number of amides is 2. The molecule has 0 aromatic heterocycles. The fourth-order valence-electron chi connectivity index (χ4n) is 3.34. The van der Waals surface area contributed by atoms with E-state index in [2.05, 4.69) is 0 Å². The first-order valence-corrected chi connectivity index (χ1v) is 9.65. The summed E-state index contributed by atoms with van der Waals surface area (Å²) >= 11 is 0. The van der Waals surface area contributed by atoms with E-state index >= 15 is 0 Å². The minimum atomic E-state index is -3.09. The lowest BCUT2D eigenvalue weighted by molar-refractivity contribution is -0.133. The molecule has 1 aromatic carbocycles. The van der Waals surface area contributed by atoms with Gasteiger partial charge in [0.2, 0.25) is 11.8 Å². The molecular weight excluding hydrogens is 335 g/mol. The van der Waals surface area contributed by atoms with Gasteiger partial charge < -0.3 is 4.90 Å². The van der Waals surface area contributed by atoms with E-state index in [0.717, 1.165) is 0 Å². The number of anilines is 1. The molecule has 2 unspecified atom stereocenters. The minimum absolute atomic E-state index is 0.0353. The van der Waals surface area contributed by atoms with Crippen molar-refractivity contribution in [1.82, 2.24) is 4.90 Å². The van der Waals surface area contributed by atoms with E-state index in [-0.39, 0.29) is 35.8 Å². The molecule has 0 spiro atoms. The molecule has 24 heavy (non-hydrogen) atoms. The number of nitrogens with zero attached hydrogens (tertiary/aromatic N) is 2. The fraction of sp³-hybridized carbons (Fsp3) is 0.500. The second kappa shape index (κ2) is 6.16. The lowest BCUT2D eigenvalue weighted by Crippen LogP contribution is -2.49. The number of hydrogen-bond donors (Lipinski definition) is 0. The van der Waals surface area contributed by atoms with E-state index in [1.165, 1.54) is 34.1 Å². The molecule has 8 heteroatoms. The third-order valence-corrected chi connectivity index (χ3v) is 6.46. The number of likely N-dealkylation sites (N-methyl/N-ethyl adjacent to an activating group) is 1. The Morgan fingerprint density at radius 1 is 1.25 bits per heavy atom. The molecule has 2 amide bonds. The van der Waals surface area contributed by atoms with Gasteiger partial charge in [-0.2, -0.15) is 0 Å². The second-order valence-corrected chi connectivity index (χ2v) is 8.53. The van der Waals surface area contributed by atoms with Gasteiger partial charge in [-0.25, -0.2) is 12.8 Å². The molecule has 6 nitrogen and oxygen atoms in total. The van der Waals surface area contributed by atoms with E-state index in [9.17, 15) is 22.4 Å². The van der Waals surface area contributed by atoms with Crippen molar-refractivity contribution in [2.24, 2.45) is 0 Å². The summed E-state index contributed by atoms with van der Waals surface area (Å²) in [6.45, 7) is 0. The highest BCUT2D eigenvalue weighted by molar-refractivity contribution is 7.91. The molecule has 0 aliphatic carbocycles. The average molecular weight is 354 g/mol. The third-order valence-electron chi connectivity index (χ3n) is 4.71. The minimum Gasteiger partial charge on any atom is -0.340 e. The molecule has 1 aromatic rings. The maximum absolute atomic E-state index is 13.1. The summed E-state index contributed by atoms with van der Waals surface area (Å²) in [5.74, 6) is -0.825. The number of carbonyl (C=O) groups is 2. The Balaban J connectivity index is 1.80. The zero-order valence-electron chi connectivity index (χ0n) is 13.3. The summed E-state index contributed by atoms with van der Waals surface area (Å²) in [6, 6.07) is 4.41. The number of hydrogen-bond acceptors (Lipinski definition) is 4. The smallest absolute Gasteiger partial charge is 0.245 e. The highest BCUT2D eigenvalue weighted by Crippen LogP contribution is 2.29. The van der Waals surface area contributed by atoms with Crippen LogP contribution in [0, 0.1) is 5.82 Å². The first-order valence-electron chi connectivity index (χ1n) is 7.83. The van der Waals surface area contributed by atoms with Crippen LogP contribution in [0.1, 0.15) is 19.3 Å². The third kappa shape index (κ3) is 3.15. The van der Waals surface area contributed by atoms with Crippen LogP contribution in [0.3, 0.4) is 0 Å². The molecule has 2 aliphatic heterocycles. The van der Waals surface area contributed by atoms with Crippen molar-refractivity contribution >= 4 is 27.3 Å². The van der Waals surface area contributed by atoms with Crippen LogP contribution in [0.15, 0.2) is 24.3 Å². The molecule has 2 aliphatic rings. The molecule has 2 atom stereocenters. The largest absolute Gasteiger partial charge is 0.340 e. The molecule has 0 saturated carbocycles. The number of carbonyl (C=O) groups excluding carboxylic acids is 2. The lowest BCUT2D eigenvalue weighted by Gasteiger charge is -2.31. The van der Waals surface area contributed by atoms with E-state index in [1.807, 2.05) is 0 Å². The highest BCUT2D eigenvalue weighted by atomic mass is 32.2. The summed E-state index contributed by atoms with van der Waals surface area (Å²) < 4.78 is 36.3. The van der Waals surface area contributed by atoms with Crippen LogP contribution in [0.5, 0.6) is 0 Å². The Labute approximate surface area is 140 Å². The van der Waals surface area contributed by atoms with Gasteiger partial charge in [0.25, 0.3) is 0 Å². The Morgan fingerprint density at radius 2 is 1.92 bits per heavy atom. The van der Waals surface area contributed by atoms with Gasteiger partial charge in [-0.1, -0.05) is 0 Å². The molecule has 2 saturated heterocycles. The van der Waals surface area contributed by atoms with Crippen molar-refractivity contribution in [1.29, 1.82) is 0 Å². The predicted octanol–water partition coefficient (Wildman–Crippen LogP) is 0.967. The number of halogens is 1. The van der Waals surface area contributed by atoms with Crippen molar-refractivity contribution in [2.75, 3.05) is 23.5 Å². The summed E-state index contributed by atoms with van der Waals surface area (Å²) in [5, 5.41) is 0. The van der Waals surface area contributed by atoms with E-state index < -0.39 is 21.7 Å². The van der Waals surface area contributed by atoms with Gasteiger partial charge in [0.15, 0.2) is 9.84 Å². The maximum atomic E-state index is 13.1. The maximum Gasteiger partial charge on any atom is 0.245 e. The van der Waals surface area contributed by atoms with E-state index in [0.29, 0.717) is 18.5 Å². The van der Waals surface area contributed by atoms with Gasteiger partial charge in [0.05, 0.1) is 11.5 Å². The summed E-state index contributed by atoms with van der Waals surface area (Å²) in [4.78, 5) is 27.8. The van der Waals surface area contributed by atoms with Crippen molar-refractivity contribution in [2.45, 2.75) is 31.3 Å². The standard InChI is InChI=1S/C16H19FN2O4S/c1-18(13-8-9-24(22,23)10-13)16(21)14-6-7-15(20)19(14)12-4-2-11(17)3-5-12/h2-5,13-14H,6-10H2,1H3. The second-order valence-electron chi connectivity index (χ2n) is 6.30. The van der Waals surface area contributed by atoms with E-state index in [1.54, 1.807) is 7.05 Å². The van der Waals surface area contributed by atoms with Gasteiger partial charge in [0.1, 0.15) is 11.9 Å². The quantitative estimate of drug-likeness (QED) is 0.811. The van der Waals surface area contributed by atoms with Crippen LogP contribution < -0.4 is 4.90 Å². The Hall–Kier alpha value is -1.96. The fourth-order valence-corrected chi connectivity index (χ4v) is 5.11. The molecule has 0 bridgehead atoms.